The molecule has 78 heavy (non-hydrogen) atoms. The zero-order valence-corrected chi connectivity index (χ0v) is 51.0. The number of para-hydroxylation sites is 2. The summed E-state index contributed by atoms with van der Waals surface area (Å²) < 4.78 is 0. The first-order chi connectivity index (χ1) is 36.5. The number of fused-ring (bicyclic) bond motifs is 4. The first-order valence-corrected chi connectivity index (χ1v) is 29.8. The molecule has 0 amide bonds. The zero-order chi connectivity index (χ0) is 55.8. The average molecular weight is 1050 g/mol. The number of nitrogens with zero attached hydrogens (tertiary/aromatic N) is 3. The Labute approximate surface area is 475 Å². The lowest BCUT2D eigenvalue weighted by molar-refractivity contribution is 0.332. The Morgan fingerprint density at radius 3 is 0.718 bits per heavy atom. The highest BCUT2D eigenvalue weighted by Crippen LogP contribution is 2.57. The standard InChI is InChI=1S/C74H88ClN3/c1-67(2)35-39-71(9,10)60-43-51(27-31-56(60)67)77(52-28-32-57-61(44-52)72(11,12)40-36-68(57,3)4)64-47-55(76(49-23-19-17-20-24-49)50-25-21-18-22-26-50)48-65(66(64)75)78(53-29-33-58-62(45-53)73(13,14)41-37-69(58,5)6)54-30-34-59-63(46-54)74(15,16)42-38-70(59,7)8/h17-34,43-48H,35-42H2,1-16H3. The maximum atomic E-state index is 8.64. The smallest absolute Gasteiger partial charge is 0.0888 e. The fourth-order valence-electron chi connectivity index (χ4n) is 14.4. The van der Waals surface area contributed by atoms with Gasteiger partial charge in [0.1, 0.15) is 0 Å². The first-order valence-electron chi connectivity index (χ1n) is 29.5. The fourth-order valence-corrected chi connectivity index (χ4v) is 14.6. The molecule has 0 saturated carbocycles. The SMILES string of the molecule is CC1(C)CCC(C)(C)c2cc(N(c3ccc4c(c3)C(C)(C)CCC4(C)C)c3cc(N(c4ccccc4)c4ccccc4)cc(N(c4ccc5c(c4)C(C)(C)CCC5(C)C)c4ccc5c(c4)C(C)(C)CCC5(C)C)c3Cl)ccc21. The summed E-state index contributed by atoms with van der Waals surface area (Å²) >= 11 is 8.64. The van der Waals surface area contributed by atoms with Crippen LogP contribution in [0.3, 0.4) is 0 Å². The van der Waals surface area contributed by atoms with E-state index >= 15 is 0 Å². The van der Waals surface area contributed by atoms with Crippen LogP contribution in [0.5, 0.6) is 0 Å². The van der Waals surface area contributed by atoms with Gasteiger partial charge < -0.3 is 14.7 Å². The third kappa shape index (κ3) is 9.30. The van der Waals surface area contributed by atoms with E-state index in [1.165, 1.54) is 44.5 Å². The predicted octanol–water partition coefficient (Wildman–Crippen LogP) is 22.1. The Morgan fingerprint density at radius 1 is 0.244 bits per heavy atom. The van der Waals surface area contributed by atoms with Crippen LogP contribution in [0, 0.1) is 0 Å². The highest BCUT2D eigenvalue weighted by Gasteiger charge is 2.43. The van der Waals surface area contributed by atoms with Gasteiger partial charge in [0.2, 0.25) is 0 Å². The van der Waals surface area contributed by atoms with E-state index in [4.69, 9.17) is 11.6 Å². The van der Waals surface area contributed by atoms with Gasteiger partial charge in [-0.05, 0) is 224 Å². The largest absolute Gasteiger partial charge is 0.310 e. The molecule has 0 N–H and O–H groups in total. The molecule has 0 aromatic heterocycles. The number of hydrogen-bond donors (Lipinski definition) is 0. The normalized spacial score (nSPS) is 20.3. The van der Waals surface area contributed by atoms with Crippen LogP contribution < -0.4 is 14.7 Å². The van der Waals surface area contributed by atoms with Gasteiger partial charge in [-0.15, -0.1) is 0 Å². The summed E-state index contributed by atoms with van der Waals surface area (Å²) in [5.74, 6) is 0. The minimum atomic E-state index is -0.0109. The van der Waals surface area contributed by atoms with Crippen molar-refractivity contribution in [2.24, 2.45) is 0 Å². The molecule has 4 heteroatoms. The van der Waals surface area contributed by atoms with Gasteiger partial charge in [-0.3, -0.25) is 0 Å². The molecule has 0 saturated heterocycles. The van der Waals surface area contributed by atoms with Crippen molar-refractivity contribution < 1.29 is 0 Å². The molecule has 7 aromatic carbocycles. The minimum Gasteiger partial charge on any atom is -0.310 e. The van der Waals surface area contributed by atoms with E-state index in [1.807, 2.05) is 0 Å². The average Bonchev–Trinajstić information content (AvgIpc) is 3.53. The van der Waals surface area contributed by atoms with Crippen molar-refractivity contribution in [1.29, 1.82) is 0 Å². The molecule has 0 fully saturated rings. The van der Waals surface area contributed by atoms with Gasteiger partial charge in [-0.25, -0.2) is 0 Å². The van der Waals surface area contributed by atoms with Crippen molar-refractivity contribution in [1.82, 2.24) is 0 Å². The molecular weight excluding hydrogens is 966 g/mol. The van der Waals surface area contributed by atoms with Crippen LogP contribution in [-0.2, 0) is 43.3 Å². The predicted molar refractivity (Wildman–Crippen MR) is 337 cm³/mol. The van der Waals surface area contributed by atoms with Crippen molar-refractivity contribution in [3.05, 3.63) is 195 Å². The van der Waals surface area contributed by atoms with E-state index in [-0.39, 0.29) is 43.3 Å². The lowest BCUT2D eigenvalue weighted by atomic mass is 9.63. The summed E-state index contributed by atoms with van der Waals surface area (Å²) in [7, 11) is 0. The van der Waals surface area contributed by atoms with Crippen molar-refractivity contribution >= 4 is 62.8 Å². The van der Waals surface area contributed by atoms with Crippen LogP contribution in [0.2, 0.25) is 5.02 Å². The lowest BCUT2D eigenvalue weighted by Crippen LogP contribution is -2.34. The lowest BCUT2D eigenvalue weighted by Gasteiger charge is -2.44. The first kappa shape index (κ1) is 54.2. The Hall–Kier alpha value is -5.77. The quantitative estimate of drug-likeness (QED) is 0.143. The second-order valence-corrected chi connectivity index (χ2v) is 29.8. The number of rotatable bonds is 9. The van der Waals surface area contributed by atoms with Crippen LogP contribution in [-0.4, -0.2) is 0 Å². The molecular formula is C74H88ClN3. The van der Waals surface area contributed by atoms with Crippen LogP contribution in [0.15, 0.2) is 146 Å². The second kappa shape index (κ2) is 18.7. The molecule has 0 atom stereocenters. The van der Waals surface area contributed by atoms with E-state index in [0.717, 1.165) is 103 Å². The molecule has 0 bridgehead atoms. The van der Waals surface area contributed by atoms with Gasteiger partial charge in [0.25, 0.3) is 0 Å². The zero-order valence-electron chi connectivity index (χ0n) is 50.2. The molecule has 0 radical (unpaired) electrons. The van der Waals surface area contributed by atoms with Crippen LogP contribution in [0.4, 0.5) is 51.2 Å². The van der Waals surface area contributed by atoms with E-state index in [9.17, 15) is 0 Å². The van der Waals surface area contributed by atoms with Crippen LogP contribution in [0.25, 0.3) is 0 Å². The summed E-state index contributed by atoms with van der Waals surface area (Å²) in [5, 5.41) is 0.698. The highest BCUT2D eigenvalue weighted by atomic mass is 35.5. The monoisotopic (exact) mass is 1050 g/mol. The molecule has 406 valence electrons. The molecule has 0 aliphatic heterocycles. The number of hydrogen-bond acceptors (Lipinski definition) is 3. The minimum absolute atomic E-state index is 0.0109. The Kier molecular flexibility index (Phi) is 13.0. The van der Waals surface area contributed by atoms with Gasteiger partial charge in [-0.2, -0.15) is 0 Å². The van der Waals surface area contributed by atoms with Crippen LogP contribution >= 0.6 is 11.6 Å². The third-order valence-corrected chi connectivity index (χ3v) is 20.6. The van der Waals surface area contributed by atoms with Crippen LogP contribution in [0.1, 0.15) is 207 Å². The maximum absolute atomic E-state index is 8.64. The maximum Gasteiger partial charge on any atom is 0.0888 e. The summed E-state index contributed by atoms with van der Waals surface area (Å²) in [4.78, 5) is 7.47. The Morgan fingerprint density at radius 2 is 0.474 bits per heavy atom. The Balaban J connectivity index is 1.27. The van der Waals surface area contributed by atoms with E-state index in [2.05, 4.69) is 271 Å². The highest BCUT2D eigenvalue weighted by molar-refractivity contribution is 6.37. The third-order valence-electron chi connectivity index (χ3n) is 20.2. The molecule has 0 spiro atoms. The molecule has 11 rings (SSSR count). The number of benzene rings is 7. The number of anilines is 9. The van der Waals surface area contributed by atoms with Crippen molar-refractivity contribution in [2.75, 3.05) is 14.7 Å². The van der Waals surface area contributed by atoms with Gasteiger partial charge in [0, 0.05) is 34.1 Å². The van der Waals surface area contributed by atoms with Gasteiger partial charge in [0.05, 0.1) is 22.1 Å². The van der Waals surface area contributed by atoms with E-state index in [1.54, 1.807) is 0 Å². The van der Waals surface area contributed by atoms with Crippen molar-refractivity contribution in [3.8, 4) is 0 Å². The number of halogens is 1. The fraction of sp³-hybridized carbons (Fsp3) is 0.432. The van der Waals surface area contributed by atoms with Crippen molar-refractivity contribution in [3.63, 3.8) is 0 Å². The summed E-state index contributed by atoms with van der Waals surface area (Å²) in [5.41, 5.74) is 21.2. The molecule has 3 nitrogen and oxygen atoms in total. The molecule has 7 aromatic rings. The topological polar surface area (TPSA) is 9.72 Å². The van der Waals surface area contributed by atoms with Gasteiger partial charge in [-0.1, -0.05) is 183 Å². The summed E-state index contributed by atoms with van der Waals surface area (Å²) in [6.45, 7) is 39.0. The molecule has 0 heterocycles. The second-order valence-electron chi connectivity index (χ2n) is 29.5. The van der Waals surface area contributed by atoms with Gasteiger partial charge >= 0.3 is 0 Å². The van der Waals surface area contributed by atoms with Crippen molar-refractivity contribution in [2.45, 2.75) is 205 Å². The molecule has 4 aliphatic rings. The molecule has 4 aliphatic carbocycles. The Bertz CT molecular complexity index is 3060. The summed E-state index contributed by atoms with van der Waals surface area (Å²) in [6.07, 6.45) is 9.12. The molecule has 0 unspecified atom stereocenters. The van der Waals surface area contributed by atoms with Gasteiger partial charge in [0.15, 0.2) is 0 Å². The van der Waals surface area contributed by atoms with E-state index < -0.39 is 0 Å². The van der Waals surface area contributed by atoms with E-state index in [0.29, 0.717) is 5.02 Å². The summed E-state index contributed by atoms with van der Waals surface area (Å²) in [6, 6.07) is 56.0.